The number of hydrogen-bond acceptors (Lipinski definition) is 2. The standard InChI is InChI=1S/C14H20BrNO/c1-10-6-12(15)5-4-11(10)7-13-8-16-14(2,3)9-17-13/h4-6,13,16H,7-9H2,1-3H3. The molecule has 0 saturated carbocycles. The second kappa shape index (κ2) is 5.09. The molecule has 0 amide bonds. The van der Waals surface area contributed by atoms with Crippen molar-refractivity contribution in [3.63, 3.8) is 0 Å². The molecule has 2 nitrogen and oxygen atoms in total. The first-order valence-electron chi connectivity index (χ1n) is 6.08. The lowest BCUT2D eigenvalue weighted by Crippen LogP contribution is -2.53. The van der Waals surface area contributed by atoms with Gasteiger partial charge in [-0.25, -0.2) is 0 Å². The minimum Gasteiger partial charge on any atom is -0.375 e. The van der Waals surface area contributed by atoms with Crippen molar-refractivity contribution in [1.82, 2.24) is 5.32 Å². The van der Waals surface area contributed by atoms with Crippen LogP contribution in [0.25, 0.3) is 0 Å². The van der Waals surface area contributed by atoms with E-state index >= 15 is 0 Å². The molecule has 0 aliphatic carbocycles. The molecule has 1 aromatic carbocycles. The smallest absolute Gasteiger partial charge is 0.0740 e. The fraction of sp³-hybridized carbons (Fsp3) is 0.571. The van der Waals surface area contributed by atoms with Crippen molar-refractivity contribution < 1.29 is 4.74 Å². The molecule has 3 heteroatoms. The van der Waals surface area contributed by atoms with Crippen LogP contribution in [0.4, 0.5) is 0 Å². The van der Waals surface area contributed by atoms with Crippen LogP contribution in [0, 0.1) is 6.92 Å². The molecule has 0 radical (unpaired) electrons. The molecule has 2 rings (SSSR count). The molecular weight excluding hydrogens is 278 g/mol. The summed E-state index contributed by atoms with van der Waals surface area (Å²) < 4.78 is 7.05. The molecule has 1 unspecified atom stereocenters. The molecule has 1 aliphatic rings. The fourth-order valence-electron chi connectivity index (χ4n) is 2.09. The van der Waals surface area contributed by atoms with Gasteiger partial charge < -0.3 is 10.1 Å². The zero-order chi connectivity index (χ0) is 12.5. The molecule has 1 fully saturated rings. The van der Waals surface area contributed by atoms with Gasteiger partial charge in [-0.1, -0.05) is 22.0 Å². The van der Waals surface area contributed by atoms with Gasteiger partial charge in [0.1, 0.15) is 0 Å². The quantitative estimate of drug-likeness (QED) is 0.906. The van der Waals surface area contributed by atoms with E-state index in [9.17, 15) is 0 Å². The van der Waals surface area contributed by atoms with Crippen LogP contribution >= 0.6 is 15.9 Å². The Morgan fingerprint density at radius 1 is 1.47 bits per heavy atom. The minimum atomic E-state index is 0.116. The Morgan fingerprint density at radius 3 is 2.82 bits per heavy atom. The Bertz CT molecular complexity index is 393. The van der Waals surface area contributed by atoms with Crippen molar-refractivity contribution in [3.8, 4) is 0 Å². The Labute approximate surface area is 112 Å². The van der Waals surface area contributed by atoms with E-state index in [1.165, 1.54) is 11.1 Å². The lowest BCUT2D eigenvalue weighted by atomic mass is 9.99. The molecular formula is C14H20BrNO. The molecule has 0 spiro atoms. The summed E-state index contributed by atoms with van der Waals surface area (Å²) in [6.45, 7) is 8.22. The largest absolute Gasteiger partial charge is 0.375 e. The van der Waals surface area contributed by atoms with Crippen LogP contribution in [-0.2, 0) is 11.2 Å². The van der Waals surface area contributed by atoms with Crippen LogP contribution < -0.4 is 5.32 Å². The summed E-state index contributed by atoms with van der Waals surface area (Å²) in [7, 11) is 0. The molecule has 94 valence electrons. The van der Waals surface area contributed by atoms with Gasteiger partial charge in [0.25, 0.3) is 0 Å². The summed E-state index contributed by atoms with van der Waals surface area (Å²) in [5, 5.41) is 3.53. The van der Waals surface area contributed by atoms with E-state index in [2.05, 4.69) is 60.2 Å². The molecule has 1 saturated heterocycles. The summed E-state index contributed by atoms with van der Waals surface area (Å²) in [6.07, 6.45) is 1.28. The monoisotopic (exact) mass is 297 g/mol. The third kappa shape index (κ3) is 3.54. The van der Waals surface area contributed by atoms with Crippen LogP contribution in [-0.4, -0.2) is 24.8 Å². The highest BCUT2D eigenvalue weighted by Gasteiger charge is 2.26. The number of rotatable bonds is 2. The van der Waals surface area contributed by atoms with Gasteiger partial charge in [0.15, 0.2) is 0 Å². The van der Waals surface area contributed by atoms with E-state index in [0.29, 0.717) is 6.10 Å². The first-order chi connectivity index (χ1) is 7.96. The fourth-order valence-corrected chi connectivity index (χ4v) is 2.57. The molecule has 1 heterocycles. The summed E-state index contributed by atoms with van der Waals surface area (Å²) >= 11 is 3.49. The van der Waals surface area contributed by atoms with Gasteiger partial charge in [-0.2, -0.15) is 0 Å². The van der Waals surface area contributed by atoms with Crippen LogP contribution in [0.5, 0.6) is 0 Å². The van der Waals surface area contributed by atoms with E-state index in [-0.39, 0.29) is 5.54 Å². The maximum Gasteiger partial charge on any atom is 0.0740 e. The van der Waals surface area contributed by atoms with Crippen LogP contribution in [0.2, 0.25) is 0 Å². The predicted molar refractivity (Wildman–Crippen MR) is 74.4 cm³/mol. The van der Waals surface area contributed by atoms with Crippen LogP contribution in [0.15, 0.2) is 22.7 Å². The molecule has 0 bridgehead atoms. The van der Waals surface area contributed by atoms with Gasteiger partial charge in [0.2, 0.25) is 0 Å². The molecule has 0 aromatic heterocycles. The van der Waals surface area contributed by atoms with E-state index in [1.54, 1.807) is 0 Å². The first-order valence-corrected chi connectivity index (χ1v) is 6.87. The highest BCUT2D eigenvalue weighted by Crippen LogP contribution is 2.20. The summed E-state index contributed by atoms with van der Waals surface area (Å²) in [5.41, 5.74) is 2.82. The first kappa shape index (κ1) is 13.1. The maximum absolute atomic E-state index is 5.91. The maximum atomic E-state index is 5.91. The lowest BCUT2D eigenvalue weighted by Gasteiger charge is -2.36. The van der Waals surface area contributed by atoms with Crippen molar-refractivity contribution in [2.75, 3.05) is 13.2 Å². The van der Waals surface area contributed by atoms with Crippen molar-refractivity contribution >= 4 is 15.9 Å². The molecule has 1 aliphatic heterocycles. The molecule has 1 atom stereocenters. The average molecular weight is 298 g/mol. The Hall–Kier alpha value is -0.380. The molecule has 1 N–H and O–H groups in total. The van der Waals surface area contributed by atoms with Gasteiger partial charge in [-0.3, -0.25) is 0 Å². The number of ether oxygens (including phenoxy) is 1. The van der Waals surface area contributed by atoms with E-state index in [0.717, 1.165) is 24.0 Å². The Kier molecular flexibility index (Phi) is 3.91. The van der Waals surface area contributed by atoms with Crippen molar-refractivity contribution in [2.45, 2.75) is 38.8 Å². The number of hydrogen-bond donors (Lipinski definition) is 1. The van der Waals surface area contributed by atoms with Crippen molar-refractivity contribution in [2.24, 2.45) is 0 Å². The molecule has 1 aromatic rings. The number of nitrogens with one attached hydrogen (secondary N) is 1. The molecule has 17 heavy (non-hydrogen) atoms. The van der Waals surface area contributed by atoms with E-state index < -0.39 is 0 Å². The average Bonchev–Trinajstić information content (AvgIpc) is 2.25. The van der Waals surface area contributed by atoms with Gasteiger partial charge in [0, 0.05) is 23.0 Å². The van der Waals surface area contributed by atoms with Crippen molar-refractivity contribution in [3.05, 3.63) is 33.8 Å². The third-order valence-electron chi connectivity index (χ3n) is 3.24. The normalized spacial score (nSPS) is 23.6. The third-order valence-corrected chi connectivity index (χ3v) is 3.73. The van der Waals surface area contributed by atoms with Gasteiger partial charge in [-0.05, 0) is 44.0 Å². The number of halogens is 1. The predicted octanol–water partition coefficient (Wildman–Crippen LogP) is 3.07. The van der Waals surface area contributed by atoms with Gasteiger partial charge in [0.05, 0.1) is 12.7 Å². The van der Waals surface area contributed by atoms with E-state index in [4.69, 9.17) is 4.74 Å². The summed E-state index contributed by atoms with van der Waals surface area (Å²) in [5.74, 6) is 0. The number of aryl methyl sites for hydroxylation is 1. The number of benzene rings is 1. The highest BCUT2D eigenvalue weighted by molar-refractivity contribution is 9.10. The second-order valence-corrected chi connectivity index (χ2v) is 6.39. The van der Waals surface area contributed by atoms with Gasteiger partial charge >= 0.3 is 0 Å². The SMILES string of the molecule is Cc1cc(Br)ccc1CC1CNC(C)(C)CO1. The van der Waals surface area contributed by atoms with Crippen molar-refractivity contribution in [1.29, 1.82) is 0 Å². The minimum absolute atomic E-state index is 0.116. The zero-order valence-corrected chi connectivity index (χ0v) is 12.3. The Balaban J connectivity index is 1.98. The number of morpholine rings is 1. The van der Waals surface area contributed by atoms with Crippen LogP contribution in [0.3, 0.4) is 0 Å². The van der Waals surface area contributed by atoms with Crippen LogP contribution in [0.1, 0.15) is 25.0 Å². The lowest BCUT2D eigenvalue weighted by molar-refractivity contribution is -0.0207. The van der Waals surface area contributed by atoms with Gasteiger partial charge in [-0.15, -0.1) is 0 Å². The summed E-state index contributed by atoms with van der Waals surface area (Å²) in [6, 6.07) is 6.45. The summed E-state index contributed by atoms with van der Waals surface area (Å²) in [4.78, 5) is 0. The second-order valence-electron chi connectivity index (χ2n) is 5.47. The zero-order valence-electron chi connectivity index (χ0n) is 10.7. The Morgan fingerprint density at radius 2 is 2.24 bits per heavy atom. The highest BCUT2D eigenvalue weighted by atomic mass is 79.9. The van der Waals surface area contributed by atoms with E-state index in [1.807, 2.05) is 0 Å². The topological polar surface area (TPSA) is 21.3 Å².